The standard InChI is InChI=1S/C7H11NO2S/c1-6(9)10-7(2,3)4-11-5-8/h4H2,1-3H3. The second-order valence-electron chi connectivity index (χ2n) is 2.73. The fraction of sp³-hybridized carbons (Fsp3) is 0.714. The summed E-state index contributed by atoms with van der Waals surface area (Å²) >= 11 is 1.09. The van der Waals surface area contributed by atoms with Crippen LogP contribution >= 0.6 is 11.8 Å². The van der Waals surface area contributed by atoms with Crippen LogP contribution in [0.5, 0.6) is 0 Å². The van der Waals surface area contributed by atoms with E-state index >= 15 is 0 Å². The fourth-order valence-electron chi connectivity index (χ4n) is 0.625. The molecule has 0 aromatic carbocycles. The van der Waals surface area contributed by atoms with Crippen molar-refractivity contribution in [1.82, 2.24) is 0 Å². The van der Waals surface area contributed by atoms with Crippen LogP contribution in [0.3, 0.4) is 0 Å². The molecule has 3 nitrogen and oxygen atoms in total. The zero-order chi connectivity index (χ0) is 8.91. The summed E-state index contributed by atoms with van der Waals surface area (Å²) in [7, 11) is 0. The average Bonchev–Trinajstić information content (AvgIpc) is 1.81. The molecule has 0 fully saturated rings. The van der Waals surface area contributed by atoms with E-state index in [0.29, 0.717) is 5.75 Å². The van der Waals surface area contributed by atoms with Gasteiger partial charge >= 0.3 is 5.97 Å². The van der Waals surface area contributed by atoms with Gasteiger partial charge in [-0.2, -0.15) is 5.26 Å². The van der Waals surface area contributed by atoms with Crippen LogP contribution in [0.15, 0.2) is 0 Å². The van der Waals surface area contributed by atoms with Crippen molar-refractivity contribution in [2.24, 2.45) is 0 Å². The number of nitriles is 1. The maximum atomic E-state index is 10.5. The third kappa shape index (κ3) is 5.74. The molecule has 0 saturated carbocycles. The Hall–Kier alpha value is -0.690. The molecule has 0 aromatic heterocycles. The molecular weight excluding hydrogens is 162 g/mol. The molecule has 0 heterocycles. The second-order valence-corrected chi connectivity index (χ2v) is 3.49. The molecule has 0 aliphatic rings. The third-order valence-electron chi connectivity index (χ3n) is 0.904. The lowest BCUT2D eigenvalue weighted by Crippen LogP contribution is -2.29. The van der Waals surface area contributed by atoms with Crippen molar-refractivity contribution >= 4 is 17.7 Å². The summed E-state index contributed by atoms with van der Waals surface area (Å²) in [5, 5.41) is 10.2. The molecule has 0 unspecified atom stereocenters. The van der Waals surface area contributed by atoms with E-state index < -0.39 is 5.60 Å². The third-order valence-corrected chi connectivity index (χ3v) is 1.87. The first-order valence-corrected chi connectivity index (χ1v) is 4.17. The van der Waals surface area contributed by atoms with Gasteiger partial charge < -0.3 is 4.74 Å². The van der Waals surface area contributed by atoms with Gasteiger partial charge in [0.2, 0.25) is 0 Å². The van der Waals surface area contributed by atoms with Crippen LogP contribution in [0.25, 0.3) is 0 Å². The first kappa shape index (κ1) is 10.3. The highest BCUT2D eigenvalue weighted by Crippen LogP contribution is 2.15. The van der Waals surface area contributed by atoms with E-state index in [2.05, 4.69) is 0 Å². The molecule has 0 aliphatic carbocycles. The van der Waals surface area contributed by atoms with Gasteiger partial charge in [0.15, 0.2) is 0 Å². The van der Waals surface area contributed by atoms with E-state index in [9.17, 15) is 4.79 Å². The van der Waals surface area contributed by atoms with Gasteiger partial charge in [-0.05, 0) is 25.6 Å². The van der Waals surface area contributed by atoms with Crippen LogP contribution in [0.2, 0.25) is 0 Å². The van der Waals surface area contributed by atoms with Crippen molar-refractivity contribution in [3.05, 3.63) is 0 Å². The highest BCUT2D eigenvalue weighted by molar-refractivity contribution is 8.03. The topological polar surface area (TPSA) is 50.1 Å². The minimum Gasteiger partial charge on any atom is -0.459 e. The molecule has 4 heteroatoms. The zero-order valence-corrected chi connectivity index (χ0v) is 7.70. The van der Waals surface area contributed by atoms with Gasteiger partial charge in [-0.25, -0.2) is 0 Å². The molecule has 0 amide bonds. The Morgan fingerprint density at radius 2 is 2.27 bits per heavy atom. The average molecular weight is 173 g/mol. The van der Waals surface area contributed by atoms with E-state index in [1.807, 2.05) is 5.40 Å². The van der Waals surface area contributed by atoms with Gasteiger partial charge in [-0.1, -0.05) is 0 Å². The molecule has 0 bridgehead atoms. The highest BCUT2D eigenvalue weighted by Gasteiger charge is 2.20. The molecule has 11 heavy (non-hydrogen) atoms. The molecule has 0 rings (SSSR count). The molecular formula is C7H11NO2S. The predicted molar refractivity (Wildman–Crippen MR) is 43.9 cm³/mol. The summed E-state index contributed by atoms with van der Waals surface area (Å²) in [4.78, 5) is 10.5. The van der Waals surface area contributed by atoms with Crippen molar-refractivity contribution in [3.63, 3.8) is 0 Å². The van der Waals surface area contributed by atoms with Crippen LogP contribution in [0, 0.1) is 10.7 Å². The number of esters is 1. The molecule has 0 saturated heterocycles. The fourth-order valence-corrected chi connectivity index (χ4v) is 1.10. The summed E-state index contributed by atoms with van der Waals surface area (Å²) in [6.07, 6.45) is 0. The Kier molecular flexibility index (Phi) is 3.98. The summed E-state index contributed by atoms with van der Waals surface area (Å²) in [5.41, 5.74) is -0.535. The number of ether oxygens (including phenoxy) is 1. The first-order valence-electron chi connectivity index (χ1n) is 3.18. The van der Waals surface area contributed by atoms with Gasteiger partial charge in [-0.15, -0.1) is 0 Å². The molecule has 0 N–H and O–H groups in total. The molecule has 0 radical (unpaired) electrons. The lowest BCUT2D eigenvalue weighted by atomic mass is 10.2. The van der Waals surface area contributed by atoms with Crippen LogP contribution in [-0.2, 0) is 9.53 Å². The summed E-state index contributed by atoms with van der Waals surface area (Å²) in [5.74, 6) is 0.192. The number of hydrogen-bond acceptors (Lipinski definition) is 4. The lowest BCUT2D eigenvalue weighted by molar-refractivity contribution is -0.151. The number of nitrogens with zero attached hydrogens (tertiary/aromatic N) is 1. The largest absolute Gasteiger partial charge is 0.459 e. The monoisotopic (exact) mass is 173 g/mol. The van der Waals surface area contributed by atoms with Crippen LogP contribution in [0.1, 0.15) is 20.8 Å². The maximum absolute atomic E-state index is 10.5. The Labute approximate surface area is 70.7 Å². The van der Waals surface area contributed by atoms with E-state index in [-0.39, 0.29) is 5.97 Å². The Balaban J connectivity index is 3.81. The smallest absolute Gasteiger partial charge is 0.303 e. The van der Waals surface area contributed by atoms with E-state index in [4.69, 9.17) is 10.00 Å². The van der Waals surface area contributed by atoms with E-state index in [1.165, 1.54) is 6.92 Å². The maximum Gasteiger partial charge on any atom is 0.303 e. The Morgan fingerprint density at radius 1 is 1.73 bits per heavy atom. The second kappa shape index (κ2) is 4.24. The summed E-state index contributed by atoms with van der Waals surface area (Å²) in [6, 6.07) is 0. The quantitative estimate of drug-likeness (QED) is 0.480. The normalized spacial score (nSPS) is 10.4. The van der Waals surface area contributed by atoms with Crippen molar-refractivity contribution < 1.29 is 9.53 Å². The van der Waals surface area contributed by atoms with Gasteiger partial charge in [-0.3, -0.25) is 4.79 Å². The van der Waals surface area contributed by atoms with Gasteiger partial charge in [0.05, 0.1) is 0 Å². The molecule has 0 spiro atoms. The minimum atomic E-state index is -0.535. The molecule has 0 aromatic rings. The van der Waals surface area contributed by atoms with E-state index in [1.54, 1.807) is 13.8 Å². The number of rotatable bonds is 3. The first-order chi connectivity index (χ1) is 4.98. The summed E-state index contributed by atoms with van der Waals surface area (Å²) < 4.78 is 4.93. The SMILES string of the molecule is CC(=O)OC(C)(C)CSC#N. The predicted octanol–water partition coefficient (Wildman–Crippen LogP) is 1.54. The van der Waals surface area contributed by atoms with Gasteiger partial charge in [0.25, 0.3) is 0 Å². The van der Waals surface area contributed by atoms with Crippen LogP contribution in [-0.4, -0.2) is 17.3 Å². The highest BCUT2D eigenvalue weighted by atomic mass is 32.2. The van der Waals surface area contributed by atoms with Crippen molar-refractivity contribution in [2.75, 3.05) is 5.75 Å². The van der Waals surface area contributed by atoms with Gasteiger partial charge in [0.1, 0.15) is 11.0 Å². The molecule has 0 aliphatic heterocycles. The lowest BCUT2D eigenvalue weighted by Gasteiger charge is -2.22. The Bertz CT molecular complexity index is 183. The van der Waals surface area contributed by atoms with Crippen molar-refractivity contribution in [3.8, 4) is 5.40 Å². The zero-order valence-electron chi connectivity index (χ0n) is 6.88. The van der Waals surface area contributed by atoms with E-state index in [0.717, 1.165) is 11.8 Å². The number of thioether (sulfide) groups is 1. The summed E-state index contributed by atoms with van der Waals surface area (Å²) in [6.45, 7) is 4.91. The Morgan fingerprint density at radius 3 is 2.64 bits per heavy atom. The van der Waals surface area contributed by atoms with Gasteiger partial charge in [0, 0.05) is 12.7 Å². The number of thiocyanates is 1. The number of carbonyl (C=O) groups excluding carboxylic acids is 1. The van der Waals surface area contributed by atoms with Crippen molar-refractivity contribution in [1.29, 1.82) is 5.26 Å². The molecule has 0 atom stereocenters. The van der Waals surface area contributed by atoms with Crippen molar-refractivity contribution in [2.45, 2.75) is 26.4 Å². The van der Waals surface area contributed by atoms with Crippen LogP contribution in [0.4, 0.5) is 0 Å². The molecule has 62 valence electrons. The van der Waals surface area contributed by atoms with Crippen LogP contribution < -0.4 is 0 Å². The number of carbonyl (C=O) groups is 1. The minimum absolute atomic E-state index is 0.312. The number of hydrogen-bond donors (Lipinski definition) is 0.